The van der Waals surface area contributed by atoms with Crippen LogP contribution in [0.1, 0.15) is 43.2 Å². The summed E-state index contributed by atoms with van der Waals surface area (Å²) in [7, 11) is 0. The second-order valence-corrected chi connectivity index (χ2v) is 9.82. The van der Waals surface area contributed by atoms with Crippen molar-refractivity contribution in [2.24, 2.45) is 0 Å². The van der Waals surface area contributed by atoms with Crippen molar-refractivity contribution in [2.45, 2.75) is 57.2 Å². The van der Waals surface area contributed by atoms with Gasteiger partial charge >= 0.3 is 0 Å². The molecule has 0 spiro atoms. The smallest absolute Gasteiger partial charge is 0.261 e. The number of para-hydroxylation sites is 1. The molecular formula is C30H32ClFN2O3. The Kier molecular flexibility index (Phi) is 9.55. The molecule has 0 radical (unpaired) electrons. The number of amides is 2. The van der Waals surface area contributed by atoms with Crippen LogP contribution in [0.5, 0.6) is 5.75 Å². The Labute approximate surface area is 222 Å². The van der Waals surface area contributed by atoms with E-state index < -0.39 is 6.04 Å². The maximum Gasteiger partial charge on any atom is 0.261 e. The molecule has 1 saturated carbocycles. The topological polar surface area (TPSA) is 58.6 Å². The van der Waals surface area contributed by atoms with Gasteiger partial charge in [0.2, 0.25) is 5.91 Å². The summed E-state index contributed by atoms with van der Waals surface area (Å²) in [6.07, 6.45) is 5.56. The van der Waals surface area contributed by atoms with Gasteiger partial charge in [0.25, 0.3) is 5.91 Å². The van der Waals surface area contributed by atoms with Gasteiger partial charge in [-0.25, -0.2) is 4.39 Å². The van der Waals surface area contributed by atoms with Gasteiger partial charge in [0.05, 0.1) is 5.02 Å². The van der Waals surface area contributed by atoms with Crippen molar-refractivity contribution in [3.8, 4) is 5.75 Å². The molecular weight excluding hydrogens is 491 g/mol. The van der Waals surface area contributed by atoms with Crippen LogP contribution < -0.4 is 10.1 Å². The first-order valence-corrected chi connectivity index (χ1v) is 13.1. The Bertz CT molecular complexity index is 1170. The molecule has 1 fully saturated rings. The lowest BCUT2D eigenvalue weighted by Crippen LogP contribution is -2.53. The highest BCUT2D eigenvalue weighted by Crippen LogP contribution is 2.24. The van der Waals surface area contributed by atoms with E-state index in [0.717, 1.165) is 36.8 Å². The zero-order valence-electron chi connectivity index (χ0n) is 20.7. The molecule has 0 unspecified atom stereocenters. The predicted molar refractivity (Wildman–Crippen MR) is 143 cm³/mol. The highest BCUT2D eigenvalue weighted by Gasteiger charge is 2.32. The van der Waals surface area contributed by atoms with E-state index in [1.807, 2.05) is 30.3 Å². The van der Waals surface area contributed by atoms with Gasteiger partial charge in [-0.3, -0.25) is 9.59 Å². The number of carbonyl (C=O) groups is 2. The summed E-state index contributed by atoms with van der Waals surface area (Å²) in [6, 6.07) is 21.9. The molecule has 7 heteroatoms. The maximum atomic E-state index is 13.7. The molecule has 5 nitrogen and oxygen atoms in total. The average Bonchev–Trinajstić information content (AvgIpc) is 2.92. The molecule has 0 aromatic heterocycles. The highest BCUT2D eigenvalue weighted by molar-refractivity contribution is 6.32. The van der Waals surface area contributed by atoms with Crippen LogP contribution in [0, 0.1) is 5.82 Å². The number of nitrogens with one attached hydrogen (secondary N) is 1. The minimum atomic E-state index is -0.767. The lowest BCUT2D eigenvalue weighted by Gasteiger charge is -2.33. The Morgan fingerprint density at radius 3 is 2.30 bits per heavy atom. The van der Waals surface area contributed by atoms with Crippen LogP contribution in [-0.2, 0) is 22.6 Å². The number of nitrogens with zero attached hydrogens (tertiary/aromatic N) is 1. The standard InChI is InChI=1S/C30H32ClFN2O3/c31-26-13-7-8-14-28(26)37-21-29(35)34(20-23-15-17-24(32)18-16-23)27(19-22-9-3-1-4-10-22)30(36)33-25-11-5-2-6-12-25/h1,3-4,7-10,13-18,25,27H,2,5-6,11-12,19-21H2,(H,33,36)/t27-/m0/s1. The molecule has 2 amide bonds. The van der Waals surface area contributed by atoms with Crippen LogP contribution in [-0.4, -0.2) is 35.4 Å². The number of ether oxygens (including phenoxy) is 1. The zero-order valence-corrected chi connectivity index (χ0v) is 21.5. The van der Waals surface area contributed by atoms with Crippen LogP contribution in [0.25, 0.3) is 0 Å². The first-order chi connectivity index (χ1) is 18.0. The molecule has 0 saturated heterocycles. The fourth-order valence-electron chi connectivity index (χ4n) is 4.67. The number of hydrogen-bond donors (Lipinski definition) is 1. The van der Waals surface area contributed by atoms with Crippen LogP contribution in [0.4, 0.5) is 4.39 Å². The van der Waals surface area contributed by atoms with E-state index in [1.165, 1.54) is 23.5 Å². The van der Waals surface area contributed by atoms with Crippen molar-refractivity contribution in [3.63, 3.8) is 0 Å². The quantitative estimate of drug-likeness (QED) is 0.358. The molecule has 4 rings (SSSR count). The third kappa shape index (κ3) is 7.80. The summed E-state index contributed by atoms with van der Waals surface area (Å²) in [6.45, 7) is -0.145. The Hall–Kier alpha value is -3.38. The summed E-state index contributed by atoms with van der Waals surface area (Å²) in [5.41, 5.74) is 1.66. The van der Waals surface area contributed by atoms with Gasteiger partial charge in [-0.15, -0.1) is 0 Å². The van der Waals surface area contributed by atoms with Crippen LogP contribution in [0.2, 0.25) is 5.02 Å². The summed E-state index contributed by atoms with van der Waals surface area (Å²) in [5, 5.41) is 3.60. The first kappa shape index (κ1) is 26.7. The highest BCUT2D eigenvalue weighted by atomic mass is 35.5. The molecule has 0 heterocycles. The van der Waals surface area contributed by atoms with E-state index in [-0.39, 0.29) is 36.8 Å². The van der Waals surface area contributed by atoms with Crippen molar-refractivity contribution in [2.75, 3.05) is 6.61 Å². The molecule has 37 heavy (non-hydrogen) atoms. The molecule has 0 bridgehead atoms. The maximum absolute atomic E-state index is 13.7. The van der Waals surface area contributed by atoms with Crippen LogP contribution in [0.3, 0.4) is 0 Å². The normalized spacial score (nSPS) is 14.5. The SMILES string of the molecule is O=C(NC1CCCCC1)[C@H](Cc1ccccc1)N(Cc1ccc(F)cc1)C(=O)COc1ccccc1Cl. The minimum Gasteiger partial charge on any atom is -0.482 e. The second kappa shape index (κ2) is 13.2. The summed E-state index contributed by atoms with van der Waals surface area (Å²) >= 11 is 6.21. The molecule has 1 atom stereocenters. The molecule has 1 aliphatic rings. The fourth-order valence-corrected chi connectivity index (χ4v) is 4.86. The van der Waals surface area contributed by atoms with E-state index in [2.05, 4.69) is 5.32 Å². The van der Waals surface area contributed by atoms with E-state index in [4.69, 9.17) is 16.3 Å². The Morgan fingerprint density at radius 1 is 0.919 bits per heavy atom. The van der Waals surface area contributed by atoms with Gasteiger partial charge in [-0.05, 0) is 48.2 Å². The van der Waals surface area contributed by atoms with Gasteiger partial charge < -0.3 is 15.0 Å². The molecule has 194 valence electrons. The zero-order chi connectivity index (χ0) is 26.0. The third-order valence-corrected chi connectivity index (χ3v) is 6.99. The van der Waals surface area contributed by atoms with Gasteiger partial charge in [0, 0.05) is 19.0 Å². The Balaban J connectivity index is 1.61. The van der Waals surface area contributed by atoms with E-state index in [9.17, 15) is 14.0 Å². The van der Waals surface area contributed by atoms with E-state index >= 15 is 0 Å². The fraction of sp³-hybridized carbons (Fsp3) is 0.333. The lowest BCUT2D eigenvalue weighted by molar-refractivity contribution is -0.143. The van der Waals surface area contributed by atoms with Crippen molar-refractivity contribution in [1.29, 1.82) is 0 Å². The van der Waals surface area contributed by atoms with Crippen molar-refractivity contribution >= 4 is 23.4 Å². The van der Waals surface area contributed by atoms with Gasteiger partial charge in [-0.2, -0.15) is 0 Å². The van der Waals surface area contributed by atoms with Crippen LogP contribution in [0.15, 0.2) is 78.9 Å². The molecule has 3 aromatic rings. The monoisotopic (exact) mass is 522 g/mol. The Morgan fingerprint density at radius 2 is 1.59 bits per heavy atom. The molecule has 0 aliphatic heterocycles. The minimum absolute atomic E-state index is 0.0988. The van der Waals surface area contributed by atoms with Crippen molar-refractivity contribution in [3.05, 3.63) is 101 Å². The van der Waals surface area contributed by atoms with Gasteiger partial charge in [0.1, 0.15) is 17.6 Å². The summed E-state index contributed by atoms with van der Waals surface area (Å²) in [4.78, 5) is 28.9. The molecule has 1 aliphatic carbocycles. The predicted octanol–water partition coefficient (Wildman–Crippen LogP) is 5.95. The summed E-state index contributed by atoms with van der Waals surface area (Å²) < 4.78 is 19.3. The number of benzene rings is 3. The van der Waals surface area contributed by atoms with Crippen molar-refractivity contribution in [1.82, 2.24) is 10.2 Å². The number of rotatable bonds is 10. The second-order valence-electron chi connectivity index (χ2n) is 9.42. The number of hydrogen-bond acceptors (Lipinski definition) is 3. The van der Waals surface area contributed by atoms with E-state index in [1.54, 1.807) is 36.4 Å². The number of halogens is 2. The lowest BCUT2D eigenvalue weighted by atomic mass is 9.94. The molecule has 3 aromatic carbocycles. The third-order valence-electron chi connectivity index (χ3n) is 6.68. The van der Waals surface area contributed by atoms with Gasteiger partial charge in [0.15, 0.2) is 6.61 Å². The van der Waals surface area contributed by atoms with E-state index in [0.29, 0.717) is 17.2 Å². The average molecular weight is 523 g/mol. The largest absolute Gasteiger partial charge is 0.482 e. The van der Waals surface area contributed by atoms with Gasteiger partial charge in [-0.1, -0.05) is 85.5 Å². The van der Waals surface area contributed by atoms with Crippen molar-refractivity contribution < 1.29 is 18.7 Å². The van der Waals surface area contributed by atoms with Crippen LogP contribution >= 0.6 is 11.6 Å². The molecule has 1 N–H and O–H groups in total. The first-order valence-electron chi connectivity index (χ1n) is 12.7. The number of carbonyl (C=O) groups excluding carboxylic acids is 2. The summed E-state index contributed by atoms with van der Waals surface area (Å²) in [5.74, 6) is -0.516.